The molecule has 1 unspecified atom stereocenters. The van der Waals surface area contributed by atoms with Gasteiger partial charge in [-0.2, -0.15) is 0 Å². The summed E-state index contributed by atoms with van der Waals surface area (Å²) < 4.78 is 0. The molecular formula is C11H13N. The number of hydrogen-bond acceptors (Lipinski definition) is 1. The van der Waals surface area contributed by atoms with Crippen molar-refractivity contribution in [2.24, 2.45) is 5.92 Å². The van der Waals surface area contributed by atoms with Gasteiger partial charge in [0.15, 0.2) is 0 Å². The minimum absolute atomic E-state index is 0.497. The summed E-state index contributed by atoms with van der Waals surface area (Å²) in [5.41, 5.74) is 3.35. The lowest BCUT2D eigenvalue weighted by atomic mass is 9.80. The van der Waals surface area contributed by atoms with E-state index in [1.807, 2.05) is 6.08 Å². The Morgan fingerprint density at radius 3 is 3.00 bits per heavy atom. The van der Waals surface area contributed by atoms with E-state index in [2.05, 4.69) is 25.2 Å². The Bertz CT molecular complexity index is 305. The van der Waals surface area contributed by atoms with Gasteiger partial charge in [0.2, 0.25) is 0 Å². The van der Waals surface area contributed by atoms with Crippen LogP contribution in [0, 0.1) is 11.3 Å². The Balaban J connectivity index is 2.44. The second kappa shape index (κ2) is 2.74. The summed E-state index contributed by atoms with van der Waals surface area (Å²) >= 11 is 0. The van der Waals surface area contributed by atoms with E-state index in [9.17, 15) is 0 Å². The predicted molar refractivity (Wildman–Crippen MR) is 51.4 cm³/mol. The highest BCUT2D eigenvalue weighted by Crippen LogP contribution is 2.31. The van der Waals surface area contributed by atoms with Gasteiger partial charge < -0.3 is 5.41 Å². The molecule has 2 aliphatic rings. The van der Waals surface area contributed by atoms with Crippen LogP contribution in [0.25, 0.3) is 0 Å². The van der Waals surface area contributed by atoms with E-state index in [1.165, 1.54) is 11.1 Å². The summed E-state index contributed by atoms with van der Waals surface area (Å²) in [5, 5.41) is 7.77. The Morgan fingerprint density at radius 1 is 1.42 bits per heavy atom. The molecule has 1 nitrogen and oxygen atoms in total. The van der Waals surface area contributed by atoms with Gasteiger partial charge in [-0.05, 0) is 31.4 Å². The van der Waals surface area contributed by atoms with Crippen molar-refractivity contribution in [3.05, 3.63) is 35.5 Å². The van der Waals surface area contributed by atoms with Crippen molar-refractivity contribution in [3.63, 3.8) is 0 Å². The monoisotopic (exact) mass is 159 g/mol. The van der Waals surface area contributed by atoms with Crippen LogP contribution in [0.5, 0.6) is 0 Å². The molecular weight excluding hydrogens is 146 g/mol. The minimum Gasteiger partial charge on any atom is -0.301 e. The predicted octanol–water partition coefficient (Wildman–Crippen LogP) is 2.86. The molecule has 12 heavy (non-hydrogen) atoms. The molecule has 0 saturated heterocycles. The summed E-state index contributed by atoms with van der Waals surface area (Å²) in [6.07, 6.45) is 10.6. The summed E-state index contributed by atoms with van der Waals surface area (Å²) in [5.74, 6) is 0.497. The maximum atomic E-state index is 7.77. The second-order valence-electron chi connectivity index (χ2n) is 3.48. The third-order valence-corrected chi connectivity index (χ3v) is 2.59. The smallest absolute Gasteiger partial charge is 0.0574 e. The number of fused-ring (bicyclic) bond motifs is 1. The molecule has 0 aliphatic heterocycles. The van der Waals surface area contributed by atoms with Gasteiger partial charge in [0.05, 0.1) is 5.71 Å². The molecule has 0 radical (unpaired) electrons. The van der Waals surface area contributed by atoms with E-state index >= 15 is 0 Å². The first kappa shape index (κ1) is 7.53. The van der Waals surface area contributed by atoms with Crippen molar-refractivity contribution in [2.45, 2.75) is 19.8 Å². The highest BCUT2D eigenvalue weighted by atomic mass is 14.4. The van der Waals surface area contributed by atoms with Gasteiger partial charge in [0.1, 0.15) is 0 Å². The van der Waals surface area contributed by atoms with Gasteiger partial charge in [0.25, 0.3) is 0 Å². The second-order valence-corrected chi connectivity index (χ2v) is 3.48. The van der Waals surface area contributed by atoms with Gasteiger partial charge in [-0.1, -0.05) is 23.8 Å². The highest BCUT2D eigenvalue weighted by molar-refractivity contribution is 6.08. The standard InChI is InChI=1S/C11H13N/c1-8-4-2-5-9-6-3-7-10(12)11(8)9/h2-3,5,7,9,12H,4,6H2,1H3. The molecule has 0 heterocycles. The van der Waals surface area contributed by atoms with Crippen molar-refractivity contribution >= 4 is 5.71 Å². The van der Waals surface area contributed by atoms with Crippen molar-refractivity contribution < 1.29 is 0 Å². The molecule has 2 rings (SSSR count). The molecule has 0 spiro atoms. The van der Waals surface area contributed by atoms with Crippen molar-refractivity contribution in [2.75, 3.05) is 0 Å². The molecule has 0 saturated carbocycles. The fourth-order valence-electron chi connectivity index (χ4n) is 1.98. The van der Waals surface area contributed by atoms with Crippen LogP contribution in [0.1, 0.15) is 19.8 Å². The summed E-state index contributed by atoms with van der Waals surface area (Å²) in [6, 6.07) is 0. The van der Waals surface area contributed by atoms with Crippen LogP contribution in [0.4, 0.5) is 0 Å². The lowest BCUT2D eigenvalue weighted by molar-refractivity contribution is 0.762. The third-order valence-electron chi connectivity index (χ3n) is 2.59. The maximum absolute atomic E-state index is 7.77. The normalized spacial score (nSPS) is 27.8. The van der Waals surface area contributed by atoms with Crippen molar-refractivity contribution in [1.82, 2.24) is 0 Å². The van der Waals surface area contributed by atoms with E-state index in [4.69, 9.17) is 5.41 Å². The SMILES string of the molecule is CC1=C2C(=N)C=CCC2C=CC1. The first-order valence-corrected chi connectivity index (χ1v) is 4.41. The van der Waals surface area contributed by atoms with Gasteiger partial charge in [-0.3, -0.25) is 0 Å². The number of allylic oxidation sites excluding steroid dienone is 6. The average molecular weight is 159 g/mol. The molecule has 2 aliphatic carbocycles. The van der Waals surface area contributed by atoms with Crippen LogP contribution in [-0.2, 0) is 0 Å². The van der Waals surface area contributed by atoms with E-state index in [0.29, 0.717) is 11.6 Å². The van der Waals surface area contributed by atoms with E-state index in [1.54, 1.807) is 0 Å². The molecule has 0 aromatic rings. The van der Waals surface area contributed by atoms with E-state index < -0.39 is 0 Å². The van der Waals surface area contributed by atoms with Crippen LogP contribution in [-0.4, -0.2) is 5.71 Å². The fraction of sp³-hybridized carbons (Fsp3) is 0.364. The zero-order chi connectivity index (χ0) is 8.55. The molecule has 1 atom stereocenters. The molecule has 0 fully saturated rings. The summed E-state index contributed by atoms with van der Waals surface area (Å²) in [4.78, 5) is 0. The third kappa shape index (κ3) is 1.06. The van der Waals surface area contributed by atoms with Crippen LogP contribution in [0.2, 0.25) is 0 Å². The quantitative estimate of drug-likeness (QED) is 0.525. The molecule has 0 amide bonds. The van der Waals surface area contributed by atoms with Crippen LogP contribution >= 0.6 is 0 Å². The van der Waals surface area contributed by atoms with Crippen LogP contribution in [0.15, 0.2) is 35.5 Å². The fourth-order valence-corrected chi connectivity index (χ4v) is 1.98. The highest BCUT2D eigenvalue weighted by Gasteiger charge is 2.21. The summed E-state index contributed by atoms with van der Waals surface area (Å²) in [6.45, 7) is 2.14. The average Bonchev–Trinajstić information content (AvgIpc) is 2.04. The van der Waals surface area contributed by atoms with Crippen molar-refractivity contribution in [1.29, 1.82) is 5.41 Å². The van der Waals surface area contributed by atoms with Crippen LogP contribution in [0.3, 0.4) is 0 Å². The Labute approximate surface area is 73.0 Å². The molecule has 0 aromatic carbocycles. The zero-order valence-electron chi connectivity index (χ0n) is 7.30. The first-order valence-electron chi connectivity index (χ1n) is 4.41. The van der Waals surface area contributed by atoms with Crippen molar-refractivity contribution in [3.8, 4) is 0 Å². The molecule has 0 bridgehead atoms. The Kier molecular flexibility index (Phi) is 1.72. The number of hydrogen-bond donors (Lipinski definition) is 1. The minimum atomic E-state index is 0.497. The van der Waals surface area contributed by atoms with E-state index in [0.717, 1.165) is 12.8 Å². The summed E-state index contributed by atoms with van der Waals surface area (Å²) in [7, 11) is 0. The van der Waals surface area contributed by atoms with E-state index in [-0.39, 0.29) is 0 Å². The first-order chi connectivity index (χ1) is 5.79. The molecule has 62 valence electrons. The van der Waals surface area contributed by atoms with Crippen LogP contribution < -0.4 is 0 Å². The molecule has 1 N–H and O–H groups in total. The van der Waals surface area contributed by atoms with Gasteiger partial charge in [0, 0.05) is 5.92 Å². The van der Waals surface area contributed by atoms with Gasteiger partial charge in [-0.25, -0.2) is 0 Å². The lowest BCUT2D eigenvalue weighted by Crippen LogP contribution is -2.16. The Hall–Kier alpha value is -1.11. The molecule has 1 heteroatoms. The Morgan fingerprint density at radius 2 is 2.25 bits per heavy atom. The molecule has 0 aromatic heterocycles. The largest absolute Gasteiger partial charge is 0.301 e. The maximum Gasteiger partial charge on any atom is 0.0574 e. The topological polar surface area (TPSA) is 23.9 Å². The number of rotatable bonds is 0. The lowest BCUT2D eigenvalue weighted by Gasteiger charge is -2.24. The zero-order valence-corrected chi connectivity index (χ0v) is 7.30. The number of nitrogens with one attached hydrogen (secondary N) is 1. The van der Waals surface area contributed by atoms with Gasteiger partial charge >= 0.3 is 0 Å². The van der Waals surface area contributed by atoms with Gasteiger partial charge in [-0.15, -0.1) is 0 Å².